The molecule has 0 bridgehead atoms. The Labute approximate surface area is 112 Å². The van der Waals surface area contributed by atoms with Crippen LogP contribution < -0.4 is 5.32 Å². The number of anilines is 1. The van der Waals surface area contributed by atoms with Gasteiger partial charge in [-0.3, -0.25) is 4.79 Å². The number of hydrogen-bond donors (Lipinski definition) is 2. The van der Waals surface area contributed by atoms with Gasteiger partial charge in [-0.25, -0.2) is 0 Å². The van der Waals surface area contributed by atoms with Crippen LogP contribution in [-0.4, -0.2) is 11.1 Å². The molecule has 0 saturated heterocycles. The number of rotatable bonds is 6. The van der Waals surface area contributed by atoms with Crippen molar-refractivity contribution < 1.29 is 14.3 Å². The summed E-state index contributed by atoms with van der Waals surface area (Å²) in [7, 11) is 0. The lowest BCUT2D eigenvalue weighted by Gasteiger charge is -2.07. The zero-order valence-corrected chi connectivity index (χ0v) is 10.8. The van der Waals surface area contributed by atoms with Crippen molar-refractivity contribution >= 4 is 11.7 Å². The van der Waals surface area contributed by atoms with Crippen LogP contribution >= 0.6 is 0 Å². The number of nitrogens with one attached hydrogen (secondary N) is 1. The molecule has 4 nitrogen and oxygen atoms in total. The fourth-order valence-electron chi connectivity index (χ4n) is 1.86. The molecule has 1 aromatic carbocycles. The SMILES string of the molecule is Cc1ccoc1CNc1cccc(CCC(=O)O)c1. The van der Waals surface area contributed by atoms with Crippen molar-refractivity contribution in [1.29, 1.82) is 0 Å². The van der Waals surface area contributed by atoms with Crippen molar-refractivity contribution in [3.63, 3.8) is 0 Å². The van der Waals surface area contributed by atoms with Gasteiger partial charge in [0.25, 0.3) is 0 Å². The number of carboxylic acid groups (broad SMARTS) is 1. The van der Waals surface area contributed by atoms with Crippen LogP contribution in [0.5, 0.6) is 0 Å². The second-order valence-electron chi connectivity index (χ2n) is 4.47. The van der Waals surface area contributed by atoms with Crippen molar-refractivity contribution in [3.05, 3.63) is 53.5 Å². The van der Waals surface area contributed by atoms with E-state index in [4.69, 9.17) is 9.52 Å². The average molecular weight is 259 g/mol. The van der Waals surface area contributed by atoms with Crippen molar-refractivity contribution in [2.24, 2.45) is 0 Å². The summed E-state index contributed by atoms with van der Waals surface area (Å²) >= 11 is 0. The number of carboxylic acids is 1. The number of furan rings is 1. The molecule has 2 aromatic rings. The number of aryl methyl sites for hydroxylation is 2. The normalized spacial score (nSPS) is 10.4. The van der Waals surface area contributed by atoms with Crippen LogP contribution in [0.1, 0.15) is 23.3 Å². The highest BCUT2D eigenvalue weighted by Crippen LogP contribution is 2.15. The van der Waals surface area contributed by atoms with Crippen molar-refractivity contribution in [2.45, 2.75) is 26.3 Å². The molecule has 19 heavy (non-hydrogen) atoms. The van der Waals surface area contributed by atoms with E-state index < -0.39 is 5.97 Å². The summed E-state index contributed by atoms with van der Waals surface area (Å²) in [5.74, 6) is 0.139. The Morgan fingerprint density at radius 3 is 2.89 bits per heavy atom. The van der Waals surface area contributed by atoms with Gasteiger partial charge in [-0.15, -0.1) is 0 Å². The number of benzene rings is 1. The average Bonchev–Trinajstić information content (AvgIpc) is 2.80. The lowest BCUT2D eigenvalue weighted by Crippen LogP contribution is -2.01. The molecule has 0 amide bonds. The summed E-state index contributed by atoms with van der Waals surface area (Å²) in [5.41, 5.74) is 3.11. The summed E-state index contributed by atoms with van der Waals surface area (Å²) in [6.45, 7) is 2.63. The van der Waals surface area contributed by atoms with E-state index in [1.807, 2.05) is 37.3 Å². The summed E-state index contributed by atoms with van der Waals surface area (Å²) in [6, 6.07) is 9.73. The van der Waals surface area contributed by atoms with E-state index in [1.54, 1.807) is 6.26 Å². The predicted octanol–water partition coefficient (Wildman–Crippen LogP) is 3.22. The Hall–Kier alpha value is -2.23. The first-order valence-electron chi connectivity index (χ1n) is 6.23. The Kier molecular flexibility index (Phi) is 4.23. The molecule has 4 heteroatoms. The van der Waals surface area contributed by atoms with Crippen LogP contribution in [-0.2, 0) is 17.8 Å². The molecule has 0 aliphatic heterocycles. The topological polar surface area (TPSA) is 62.5 Å². The summed E-state index contributed by atoms with van der Waals surface area (Å²) < 4.78 is 5.35. The first-order chi connectivity index (χ1) is 9.15. The third kappa shape index (κ3) is 3.88. The van der Waals surface area contributed by atoms with E-state index in [0.717, 1.165) is 22.6 Å². The quantitative estimate of drug-likeness (QED) is 0.836. The summed E-state index contributed by atoms with van der Waals surface area (Å²) in [6.07, 6.45) is 2.38. The van der Waals surface area contributed by atoms with Crippen LogP contribution in [0.2, 0.25) is 0 Å². The molecule has 2 N–H and O–H groups in total. The highest BCUT2D eigenvalue weighted by molar-refractivity contribution is 5.67. The Bertz CT molecular complexity index is 560. The number of hydrogen-bond acceptors (Lipinski definition) is 3. The van der Waals surface area contributed by atoms with E-state index in [0.29, 0.717) is 13.0 Å². The lowest BCUT2D eigenvalue weighted by atomic mass is 10.1. The van der Waals surface area contributed by atoms with Crippen molar-refractivity contribution in [3.8, 4) is 0 Å². The van der Waals surface area contributed by atoms with Crippen LogP contribution in [0.25, 0.3) is 0 Å². The molecule has 0 spiro atoms. The van der Waals surface area contributed by atoms with Crippen LogP contribution in [0, 0.1) is 6.92 Å². The predicted molar refractivity (Wildman–Crippen MR) is 73.2 cm³/mol. The minimum absolute atomic E-state index is 0.154. The van der Waals surface area contributed by atoms with Crippen molar-refractivity contribution in [1.82, 2.24) is 0 Å². The number of aliphatic carboxylic acids is 1. The first-order valence-corrected chi connectivity index (χ1v) is 6.23. The molecular weight excluding hydrogens is 242 g/mol. The van der Waals surface area contributed by atoms with E-state index in [2.05, 4.69) is 5.32 Å². The zero-order valence-electron chi connectivity index (χ0n) is 10.8. The van der Waals surface area contributed by atoms with Gasteiger partial charge in [0, 0.05) is 12.1 Å². The molecule has 0 fully saturated rings. The fraction of sp³-hybridized carbons (Fsp3) is 0.267. The smallest absolute Gasteiger partial charge is 0.303 e. The molecule has 0 saturated carbocycles. The maximum atomic E-state index is 10.5. The largest absolute Gasteiger partial charge is 0.481 e. The molecule has 2 rings (SSSR count). The fourth-order valence-corrected chi connectivity index (χ4v) is 1.86. The first kappa shape index (κ1) is 13.2. The van der Waals surface area contributed by atoms with E-state index in [-0.39, 0.29) is 6.42 Å². The highest BCUT2D eigenvalue weighted by atomic mass is 16.4. The standard InChI is InChI=1S/C15H17NO3/c1-11-7-8-19-14(11)10-16-13-4-2-3-12(9-13)5-6-15(17)18/h2-4,7-9,16H,5-6,10H2,1H3,(H,17,18). The molecule has 100 valence electrons. The highest BCUT2D eigenvalue weighted by Gasteiger charge is 2.03. The molecule has 0 radical (unpaired) electrons. The summed E-state index contributed by atoms with van der Waals surface area (Å²) in [4.78, 5) is 10.5. The van der Waals surface area contributed by atoms with Gasteiger partial charge in [0.05, 0.1) is 12.8 Å². The molecule has 1 heterocycles. The van der Waals surface area contributed by atoms with Gasteiger partial charge < -0.3 is 14.8 Å². The van der Waals surface area contributed by atoms with Crippen molar-refractivity contribution in [2.75, 3.05) is 5.32 Å². The van der Waals surface area contributed by atoms with E-state index in [9.17, 15) is 4.79 Å². The Morgan fingerprint density at radius 2 is 2.21 bits per heavy atom. The van der Waals surface area contributed by atoms with Gasteiger partial charge in [0.15, 0.2) is 0 Å². The van der Waals surface area contributed by atoms with Gasteiger partial charge in [-0.05, 0) is 42.7 Å². The third-order valence-corrected chi connectivity index (χ3v) is 2.98. The Morgan fingerprint density at radius 1 is 1.37 bits per heavy atom. The number of carbonyl (C=O) groups is 1. The molecule has 0 aliphatic carbocycles. The minimum Gasteiger partial charge on any atom is -0.481 e. The van der Waals surface area contributed by atoms with Gasteiger partial charge in [-0.2, -0.15) is 0 Å². The van der Waals surface area contributed by atoms with Crippen LogP contribution in [0.3, 0.4) is 0 Å². The van der Waals surface area contributed by atoms with E-state index >= 15 is 0 Å². The zero-order chi connectivity index (χ0) is 13.7. The lowest BCUT2D eigenvalue weighted by molar-refractivity contribution is -0.136. The van der Waals surface area contributed by atoms with Gasteiger partial charge in [0.1, 0.15) is 5.76 Å². The molecule has 0 atom stereocenters. The maximum Gasteiger partial charge on any atom is 0.303 e. The monoisotopic (exact) mass is 259 g/mol. The Balaban J connectivity index is 1.95. The second kappa shape index (κ2) is 6.09. The van der Waals surface area contributed by atoms with Gasteiger partial charge in [-0.1, -0.05) is 12.1 Å². The molecule has 0 unspecified atom stereocenters. The minimum atomic E-state index is -0.774. The molecule has 0 aliphatic rings. The second-order valence-corrected chi connectivity index (χ2v) is 4.47. The van der Waals surface area contributed by atoms with Crippen LogP contribution in [0.4, 0.5) is 5.69 Å². The maximum absolute atomic E-state index is 10.5. The molecule has 1 aromatic heterocycles. The molecular formula is C15H17NO3. The third-order valence-electron chi connectivity index (χ3n) is 2.98. The van der Waals surface area contributed by atoms with Crippen LogP contribution in [0.15, 0.2) is 41.0 Å². The summed E-state index contributed by atoms with van der Waals surface area (Å²) in [5, 5.41) is 11.9. The van der Waals surface area contributed by atoms with Gasteiger partial charge in [0.2, 0.25) is 0 Å². The van der Waals surface area contributed by atoms with Gasteiger partial charge >= 0.3 is 5.97 Å². The van der Waals surface area contributed by atoms with E-state index in [1.165, 1.54) is 0 Å².